The molecule has 3 nitrogen and oxygen atoms in total. The molecule has 2 aromatic rings. The number of carbonyl (C=O) groups excluding carboxylic acids is 1. The Bertz CT molecular complexity index is 599. The van der Waals surface area contributed by atoms with Crippen LogP contribution in [0.3, 0.4) is 0 Å². The molecule has 0 bridgehead atoms. The Labute approximate surface area is 133 Å². The van der Waals surface area contributed by atoms with E-state index in [2.05, 4.69) is 5.32 Å². The van der Waals surface area contributed by atoms with Gasteiger partial charge in [-0.25, -0.2) is 4.39 Å². The quantitative estimate of drug-likeness (QED) is 0.792. The minimum atomic E-state index is -0.277. The Morgan fingerprint density at radius 1 is 1.14 bits per heavy atom. The summed E-state index contributed by atoms with van der Waals surface area (Å²) in [6.45, 7) is 2.98. The molecule has 0 radical (unpaired) electrons. The number of hydrogen-bond acceptors (Lipinski definition) is 3. The summed E-state index contributed by atoms with van der Waals surface area (Å²) >= 11 is 1.47. The highest BCUT2D eigenvalue weighted by molar-refractivity contribution is 8.00. The first-order valence-electron chi connectivity index (χ1n) is 7.04. The molecule has 2 rings (SSSR count). The number of rotatable bonds is 7. The van der Waals surface area contributed by atoms with Gasteiger partial charge in [-0.3, -0.25) is 4.79 Å². The second kappa shape index (κ2) is 8.44. The minimum absolute atomic E-state index is 0.0526. The molecule has 0 saturated heterocycles. The Morgan fingerprint density at radius 3 is 2.45 bits per heavy atom. The Hall–Kier alpha value is -2.01. The fraction of sp³-hybridized carbons (Fsp3) is 0.235. The van der Waals surface area contributed by atoms with Crippen molar-refractivity contribution in [2.24, 2.45) is 0 Å². The number of benzene rings is 2. The third-order valence-electron chi connectivity index (χ3n) is 2.91. The molecule has 0 unspecified atom stereocenters. The predicted octanol–water partition coefficient (Wildman–Crippen LogP) is 3.63. The highest BCUT2D eigenvalue weighted by Crippen LogP contribution is 2.21. The van der Waals surface area contributed by atoms with Crippen LogP contribution in [0, 0.1) is 5.82 Å². The fourth-order valence-corrected chi connectivity index (χ4v) is 2.53. The van der Waals surface area contributed by atoms with Crippen LogP contribution >= 0.6 is 11.8 Å². The number of thioether (sulfide) groups is 1. The Kier molecular flexibility index (Phi) is 6.27. The molecule has 0 spiro atoms. The first kappa shape index (κ1) is 16.4. The molecule has 0 aliphatic rings. The average Bonchev–Trinajstić information content (AvgIpc) is 2.54. The van der Waals surface area contributed by atoms with E-state index in [9.17, 15) is 9.18 Å². The van der Waals surface area contributed by atoms with Crippen LogP contribution in [0.15, 0.2) is 53.4 Å². The van der Waals surface area contributed by atoms with Gasteiger partial charge in [-0.2, -0.15) is 0 Å². The number of carbonyl (C=O) groups is 1. The van der Waals surface area contributed by atoms with Crippen LogP contribution in [0.1, 0.15) is 12.5 Å². The maximum absolute atomic E-state index is 12.8. The van der Waals surface area contributed by atoms with Crippen LogP contribution < -0.4 is 10.1 Å². The molecule has 0 fully saturated rings. The van der Waals surface area contributed by atoms with Gasteiger partial charge < -0.3 is 10.1 Å². The average molecular weight is 319 g/mol. The summed E-state index contributed by atoms with van der Waals surface area (Å²) in [6, 6.07) is 13.7. The van der Waals surface area contributed by atoms with Gasteiger partial charge in [0.1, 0.15) is 11.6 Å². The van der Waals surface area contributed by atoms with E-state index in [1.807, 2.05) is 31.2 Å². The lowest BCUT2D eigenvalue weighted by Crippen LogP contribution is -2.24. The van der Waals surface area contributed by atoms with Gasteiger partial charge in [0.2, 0.25) is 5.91 Å². The Morgan fingerprint density at radius 2 is 1.82 bits per heavy atom. The van der Waals surface area contributed by atoms with Gasteiger partial charge in [-0.1, -0.05) is 12.1 Å². The van der Waals surface area contributed by atoms with Crippen LogP contribution in [0.4, 0.5) is 4.39 Å². The third kappa shape index (κ3) is 5.41. The first-order chi connectivity index (χ1) is 10.7. The van der Waals surface area contributed by atoms with Crippen LogP contribution in [-0.2, 0) is 11.3 Å². The molecule has 0 aliphatic heterocycles. The van der Waals surface area contributed by atoms with E-state index in [1.54, 1.807) is 12.1 Å². The fourth-order valence-electron chi connectivity index (χ4n) is 1.80. The van der Waals surface area contributed by atoms with Crippen LogP contribution in [0.5, 0.6) is 5.75 Å². The summed E-state index contributed by atoms with van der Waals surface area (Å²) in [5.74, 6) is 0.840. The van der Waals surface area contributed by atoms with Crippen molar-refractivity contribution in [3.8, 4) is 5.75 Å². The molecular weight excluding hydrogens is 301 g/mol. The van der Waals surface area contributed by atoms with Gasteiger partial charge in [-0.05, 0) is 48.9 Å². The smallest absolute Gasteiger partial charge is 0.230 e. The summed E-state index contributed by atoms with van der Waals surface area (Å²) in [5.41, 5.74) is 0.876. The molecule has 116 valence electrons. The normalized spacial score (nSPS) is 10.3. The molecule has 0 aromatic heterocycles. The van der Waals surface area contributed by atoms with Gasteiger partial charge in [0.05, 0.1) is 12.4 Å². The number of ether oxygens (including phenoxy) is 1. The van der Waals surface area contributed by atoms with Crippen molar-refractivity contribution in [2.45, 2.75) is 18.4 Å². The lowest BCUT2D eigenvalue weighted by molar-refractivity contribution is -0.118. The molecule has 1 amide bonds. The number of amides is 1. The van der Waals surface area contributed by atoms with Gasteiger partial charge in [0.25, 0.3) is 0 Å². The molecule has 0 atom stereocenters. The number of nitrogens with one attached hydrogen (secondary N) is 1. The van der Waals surface area contributed by atoms with Crippen molar-refractivity contribution < 1.29 is 13.9 Å². The zero-order valence-electron chi connectivity index (χ0n) is 12.3. The second-order valence-electron chi connectivity index (χ2n) is 4.60. The molecule has 22 heavy (non-hydrogen) atoms. The minimum Gasteiger partial charge on any atom is -0.494 e. The van der Waals surface area contributed by atoms with Gasteiger partial charge in [0, 0.05) is 11.4 Å². The van der Waals surface area contributed by atoms with Gasteiger partial charge in [-0.15, -0.1) is 11.8 Å². The SMILES string of the molecule is CCOc1ccc(SCC(=O)NCc2ccc(F)cc2)cc1. The van der Waals surface area contributed by atoms with E-state index < -0.39 is 0 Å². The number of hydrogen-bond donors (Lipinski definition) is 1. The van der Waals surface area contributed by atoms with E-state index in [1.165, 1.54) is 23.9 Å². The second-order valence-corrected chi connectivity index (χ2v) is 5.65. The van der Waals surface area contributed by atoms with Crippen molar-refractivity contribution in [1.82, 2.24) is 5.32 Å². The number of halogens is 1. The van der Waals surface area contributed by atoms with Crippen molar-refractivity contribution in [3.05, 3.63) is 59.9 Å². The van der Waals surface area contributed by atoms with Crippen LogP contribution in [0.25, 0.3) is 0 Å². The molecular formula is C17H18FNO2S. The van der Waals surface area contributed by atoms with Gasteiger partial charge >= 0.3 is 0 Å². The highest BCUT2D eigenvalue weighted by atomic mass is 32.2. The predicted molar refractivity (Wildman–Crippen MR) is 86.6 cm³/mol. The van der Waals surface area contributed by atoms with E-state index in [4.69, 9.17) is 4.74 Å². The Balaban J connectivity index is 1.74. The van der Waals surface area contributed by atoms with Crippen molar-refractivity contribution in [3.63, 3.8) is 0 Å². The molecule has 0 aliphatic carbocycles. The van der Waals surface area contributed by atoms with E-state index in [0.29, 0.717) is 18.9 Å². The molecule has 1 N–H and O–H groups in total. The maximum atomic E-state index is 12.8. The summed E-state index contributed by atoms with van der Waals surface area (Å²) < 4.78 is 18.1. The van der Waals surface area contributed by atoms with E-state index >= 15 is 0 Å². The summed E-state index contributed by atoms with van der Waals surface area (Å²) in [4.78, 5) is 12.8. The van der Waals surface area contributed by atoms with Crippen molar-refractivity contribution in [2.75, 3.05) is 12.4 Å². The summed E-state index contributed by atoms with van der Waals surface area (Å²) in [5, 5.41) is 2.81. The zero-order valence-corrected chi connectivity index (χ0v) is 13.2. The van der Waals surface area contributed by atoms with Crippen LogP contribution in [-0.4, -0.2) is 18.3 Å². The third-order valence-corrected chi connectivity index (χ3v) is 3.92. The largest absolute Gasteiger partial charge is 0.494 e. The zero-order chi connectivity index (χ0) is 15.8. The summed E-state index contributed by atoms with van der Waals surface area (Å²) in [7, 11) is 0. The standard InChI is InChI=1S/C17H18FNO2S/c1-2-21-15-7-9-16(10-8-15)22-12-17(20)19-11-13-3-5-14(18)6-4-13/h3-10H,2,11-12H2,1H3,(H,19,20). The van der Waals surface area contributed by atoms with E-state index in [0.717, 1.165) is 16.2 Å². The summed E-state index contributed by atoms with van der Waals surface area (Å²) in [6.07, 6.45) is 0. The first-order valence-corrected chi connectivity index (χ1v) is 8.02. The highest BCUT2D eigenvalue weighted by Gasteiger charge is 2.03. The van der Waals surface area contributed by atoms with Gasteiger partial charge in [0.15, 0.2) is 0 Å². The molecule has 2 aromatic carbocycles. The molecule has 0 heterocycles. The molecule has 5 heteroatoms. The van der Waals surface area contributed by atoms with Crippen LogP contribution in [0.2, 0.25) is 0 Å². The lowest BCUT2D eigenvalue weighted by atomic mass is 10.2. The molecule has 0 saturated carbocycles. The van der Waals surface area contributed by atoms with E-state index in [-0.39, 0.29) is 11.7 Å². The van der Waals surface area contributed by atoms with Crippen molar-refractivity contribution >= 4 is 17.7 Å². The maximum Gasteiger partial charge on any atom is 0.230 e. The topological polar surface area (TPSA) is 38.3 Å². The van der Waals surface area contributed by atoms with Crippen molar-refractivity contribution in [1.29, 1.82) is 0 Å². The monoisotopic (exact) mass is 319 g/mol. The lowest BCUT2D eigenvalue weighted by Gasteiger charge is -2.06.